The molecular formula is C17H18N6O. The first kappa shape index (κ1) is 15.8. The molecule has 2 aromatic heterocycles. The second-order valence-electron chi connectivity index (χ2n) is 5.69. The van der Waals surface area contributed by atoms with Gasteiger partial charge in [-0.1, -0.05) is 29.8 Å². The van der Waals surface area contributed by atoms with Gasteiger partial charge in [0.25, 0.3) is 5.78 Å². The Morgan fingerprint density at radius 2 is 1.83 bits per heavy atom. The van der Waals surface area contributed by atoms with Gasteiger partial charge in [0.15, 0.2) is 0 Å². The number of nitrogens with zero attached hydrogens (tertiary/aromatic N) is 5. The number of fused-ring (bicyclic) bond motifs is 1. The van der Waals surface area contributed by atoms with E-state index in [9.17, 15) is 4.79 Å². The molecule has 0 bridgehead atoms. The summed E-state index contributed by atoms with van der Waals surface area (Å²) in [5.74, 6) is -0.0300. The van der Waals surface area contributed by atoms with E-state index in [1.165, 1.54) is 5.56 Å². The molecule has 122 valence electrons. The van der Waals surface area contributed by atoms with Crippen LogP contribution in [0.5, 0.6) is 0 Å². The lowest BCUT2D eigenvalue weighted by molar-refractivity contribution is 0.0944. The maximum Gasteiger partial charge on any atom is 0.311 e. The molecule has 0 aliphatic heterocycles. The third-order valence-corrected chi connectivity index (χ3v) is 3.62. The lowest BCUT2D eigenvalue weighted by atomic mass is 10.1. The van der Waals surface area contributed by atoms with Gasteiger partial charge < -0.3 is 0 Å². The van der Waals surface area contributed by atoms with Crippen LogP contribution in [0.25, 0.3) is 5.78 Å². The first-order chi connectivity index (χ1) is 11.4. The van der Waals surface area contributed by atoms with Crippen molar-refractivity contribution in [2.75, 3.05) is 0 Å². The Morgan fingerprint density at radius 3 is 2.54 bits per heavy atom. The van der Waals surface area contributed by atoms with Crippen molar-refractivity contribution in [3.8, 4) is 0 Å². The topological polar surface area (TPSA) is 84.5 Å². The molecule has 7 heteroatoms. The van der Waals surface area contributed by atoms with Gasteiger partial charge in [0.1, 0.15) is 0 Å². The molecule has 0 fully saturated rings. The number of aromatic nitrogens is 4. The van der Waals surface area contributed by atoms with Crippen LogP contribution in [0.3, 0.4) is 0 Å². The van der Waals surface area contributed by atoms with E-state index >= 15 is 0 Å². The average molecular weight is 322 g/mol. The van der Waals surface area contributed by atoms with E-state index in [4.69, 9.17) is 0 Å². The summed E-state index contributed by atoms with van der Waals surface area (Å²) in [6.07, 6.45) is 0. The number of hydrogen-bond acceptors (Lipinski definition) is 5. The lowest BCUT2D eigenvalue weighted by Crippen LogP contribution is -2.20. The number of aryl methyl sites for hydroxylation is 3. The van der Waals surface area contributed by atoms with Crippen molar-refractivity contribution in [1.82, 2.24) is 25.0 Å². The summed E-state index contributed by atoms with van der Waals surface area (Å²) >= 11 is 0. The summed E-state index contributed by atoms with van der Waals surface area (Å²) in [5, 5.41) is 8.30. The number of carbonyl (C=O) groups is 1. The van der Waals surface area contributed by atoms with Crippen LogP contribution in [0.1, 0.15) is 40.1 Å². The number of benzene rings is 1. The van der Waals surface area contributed by atoms with E-state index in [1.54, 1.807) is 4.52 Å². The van der Waals surface area contributed by atoms with Crippen molar-refractivity contribution in [2.24, 2.45) is 5.10 Å². The Labute approximate surface area is 139 Å². The van der Waals surface area contributed by atoms with Gasteiger partial charge in [-0.25, -0.2) is 14.9 Å². The number of rotatable bonds is 3. The zero-order valence-corrected chi connectivity index (χ0v) is 14.0. The van der Waals surface area contributed by atoms with Gasteiger partial charge in [0, 0.05) is 11.4 Å². The Kier molecular flexibility index (Phi) is 4.07. The van der Waals surface area contributed by atoms with Gasteiger partial charge in [0.05, 0.1) is 5.71 Å². The van der Waals surface area contributed by atoms with Crippen LogP contribution in [-0.4, -0.2) is 31.2 Å². The van der Waals surface area contributed by atoms with Crippen LogP contribution in [-0.2, 0) is 0 Å². The quantitative estimate of drug-likeness (QED) is 0.592. The Balaban J connectivity index is 1.81. The molecule has 0 aliphatic rings. The van der Waals surface area contributed by atoms with E-state index < -0.39 is 5.91 Å². The SMILES string of the molecule is C/C(=N\NC(=O)c1nc2nc(C)cc(C)n2n1)c1ccc(C)cc1. The molecule has 1 amide bonds. The molecule has 0 atom stereocenters. The molecule has 1 aromatic carbocycles. The van der Waals surface area contributed by atoms with Gasteiger partial charge in [-0.15, -0.1) is 5.10 Å². The highest BCUT2D eigenvalue weighted by atomic mass is 16.2. The van der Waals surface area contributed by atoms with Gasteiger partial charge in [0.2, 0.25) is 5.82 Å². The minimum atomic E-state index is -0.469. The van der Waals surface area contributed by atoms with Crippen LogP contribution in [0.15, 0.2) is 35.4 Å². The largest absolute Gasteiger partial charge is 0.311 e. The number of carbonyl (C=O) groups excluding carboxylic acids is 1. The lowest BCUT2D eigenvalue weighted by Gasteiger charge is -2.01. The standard InChI is InChI=1S/C17H18N6O/c1-10-5-7-14(8-6-10)13(4)20-21-16(24)15-19-17-18-11(2)9-12(3)23(17)22-15/h5-9H,1-4H3,(H,21,24)/b20-13+. The summed E-state index contributed by atoms with van der Waals surface area (Å²) in [6, 6.07) is 9.79. The maximum atomic E-state index is 12.2. The van der Waals surface area contributed by atoms with Gasteiger partial charge in [-0.2, -0.15) is 10.1 Å². The molecule has 3 rings (SSSR count). The molecule has 1 N–H and O–H groups in total. The minimum absolute atomic E-state index is 0.0386. The number of hydrogen-bond donors (Lipinski definition) is 1. The predicted molar refractivity (Wildman–Crippen MR) is 91.1 cm³/mol. The molecule has 0 saturated heterocycles. The zero-order valence-electron chi connectivity index (χ0n) is 14.0. The summed E-state index contributed by atoms with van der Waals surface area (Å²) in [4.78, 5) is 20.6. The molecule has 3 aromatic rings. The Hall–Kier alpha value is -3.09. The molecule has 0 unspecified atom stereocenters. The van der Waals surface area contributed by atoms with E-state index in [0.717, 1.165) is 17.0 Å². The third-order valence-electron chi connectivity index (χ3n) is 3.62. The molecule has 7 nitrogen and oxygen atoms in total. The number of amides is 1. The second-order valence-corrected chi connectivity index (χ2v) is 5.69. The van der Waals surface area contributed by atoms with E-state index in [1.807, 2.05) is 58.0 Å². The fourth-order valence-corrected chi connectivity index (χ4v) is 2.31. The number of hydrazone groups is 1. The van der Waals surface area contributed by atoms with Crippen LogP contribution in [0.2, 0.25) is 0 Å². The summed E-state index contributed by atoms with van der Waals surface area (Å²) in [6.45, 7) is 7.61. The van der Waals surface area contributed by atoms with Crippen molar-refractivity contribution in [1.29, 1.82) is 0 Å². The highest BCUT2D eigenvalue weighted by Gasteiger charge is 2.14. The summed E-state index contributed by atoms with van der Waals surface area (Å²) in [7, 11) is 0. The highest BCUT2D eigenvalue weighted by Crippen LogP contribution is 2.06. The zero-order chi connectivity index (χ0) is 17.3. The van der Waals surface area contributed by atoms with Crippen molar-refractivity contribution in [3.05, 3.63) is 58.7 Å². The van der Waals surface area contributed by atoms with E-state index in [-0.39, 0.29) is 5.82 Å². The first-order valence-electron chi connectivity index (χ1n) is 7.57. The molecular weight excluding hydrogens is 304 g/mol. The predicted octanol–water partition coefficient (Wildman–Crippen LogP) is 2.20. The first-order valence-corrected chi connectivity index (χ1v) is 7.57. The van der Waals surface area contributed by atoms with Crippen LogP contribution < -0.4 is 5.43 Å². The van der Waals surface area contributed by atoms with Crippen molar-refractivity contribution in [2.45, 2.75) is 27.7 Å². The second kappa shape index (κ2) is 6.19. The minimum Gasteiger partial charge on any atom is -0.264 e. The normalized spacial score (nSPS) is 11.8. The van der Waals surface area contributed by atoms with E-state index in [0.29, 0.717) is 11.5 Å². The third kappa shape index (κ3) is 3.15. The smallest absolute Gasteiger partial charge is 0.264 e. The molecule has 0 spiro atoms. The average Bonchev–Trinajstić information content (AvgIpc) is 2.97. The molecule has 0 saturated carbocycles. The van der Waals surface area contributed by atoms with Crippen LogP contribution in [0, 0.1) is 20.8 Å². The fourth-order valence-electron chi connectivity index (χ4n) is 2.31. The number of nitrogens with one attached hydrogen (secondary N) is 1. The van der Waals surface area contributed by atoms with E-state index in [2.05, 4.69) is 25.6 Å². The van der Waals surface area contributed by atoms with Crippen molar-refractivity contribution < 1.29 is 4.79 Å². The van der Waals surface area contributed by atoms with Gasteiger partial charge >= 0.3 is 5.91 Å². The van der Waals surface area contributed by atoms with Gasteiger partial charge in [-0.05, 0) is 39.3 Å². The Bertz CT molecular complexity index is 940. The monoisotopic (exact) mass is 322 g/mol. The molecule has 24 heavy (non-hydrogen) atoms. The highest BCUT2D eigenvalue weighted by molar-refractivity contribution is 6.00. The summed E-state index contributed by atoms with van der Waals surface area (Å²) < 4.78 is 1.54. The molecule has 0 aliphatic carbocycles. The summed E-state index contributed by atoms with van der Waals surface area (Å²) in [5.41, 5.74) is 7.00. The fraction of sp³-hybridized carbons (Fsp3) is 0.235. The molecule has 2 heterocycles. The maximum absolute atomic E-state index is 12.2. The van der Waals surface area contributed by atoms with Crippen molar-refractivity contribution >= 4 is 17.4 Å². The molecule has 0 radical (unpaired) electrons. The Morgan fingerprint density at radius 1 is 1.12 bits per heavy atom. The van der Waals surface area contributed by atoms with Crippen LogP contribution >= 0.6 is 0 Å². The van der Waals surface area contributed by atoms with Gasteiger partial charge in [-0.3, -0.25) is 4.79 Å². The van der Waals surface area contributed by atoms with Crippen LogP contribution in [0.4, 0.5) is 0 Å². The van der Waals surface area contributed by atoms with Crippen molar-refractivity contribution in [3.63, 3.8) is 0 Å².